The van der Waals surface area contributed by atoms with Crippen LogP contribution in [0.3, 0.4) is 0 Å². The molecule has 0 atom stereocenters. The molecule has 0 spiro atoms. The molecule has 1 rings (SSSR count). The largest absolute Gasteiger partial charge is 0.496 e. The predicted molar refractivity (Wildman–Crippen MR) is 46.3 cm³/mol. The molecule has 0 bridgehead atoms. The number of nitrogens with two attached hydrogens (primary N) is 1. The second-order valence-electron chi connectivity index (χ2n) is 2.27. The normalized spacial score (nSPS) is 9.58. The van der Waals surface area contributed by atoms with Gasteiger partial charge < -0.3 is 15.2 Å². The lowest BCUT2D eigenvalue weighted by Crippen LogP contribution is -2.02. The molecule has 1 aromatic carbocycles. The lowest BCUT2D eigenvalue weighted by Gasteiger charge is -2.10. The molecule has 0 saturated heterocycles. The summed E-state index contributed by atoms with van der Waals surface area (Å²) in [5.74, 6) is 1.44. The van der Waals surface area contributed by atoms with Gasteiger partial charge in [0.05, 0.1) is 14.2 Å². The van der Waals surface area contributed by atoms with Crippen LogP contribution in [-0.4, -0.2) is 14.2 Å². The fourth-order valence-corrected chi connectivity index (χ4v) is 1.05. The van der Waals surface area contributed by atoms with Crippen molar-refractivity contribution < 1.29 is 9.47 Å². The minimum atomic E-state index is 0.404. The van der Waals surface area contributed by atoms with Crippen LogP contribution in [0, 0.1) is 6.07 Å². The quantitative estimate of drug-likeness (QED) is 0.727. The Bertz CT molecular complexity index is 238. The van der Waals surface area contributed by atoms with Crippen LogP contribution in [0.2, 0.25) is 0 Å². The van der Waals surface area contributed by atoms with Crippen LogP contribution in [0.25, 0.3) is 0 Å². The molecular weight excluding hydrogens is 154 g/mol. The van der Waals surface area contributed by atoms with Crippen molar-refractivity contribution in [1.82, 2.24) is 0 Å². The molecule has 0 aliphatic heterocycles. The van der Waals surface area contributed by atoms with Gasteiger partial charge in [-0.2, -0.15) is 0 Å². The molecule has 65 valence electrons. The molecule has 3 nitrogen and oxygen atoms in total. The SMILES string of the molecule is COc1c[c]cc(OC)c1CN. The molecule has 0 aliphatic carbocycles. The van der Waals surface area contributed by atoms with E-state index in [1.807, 2.05) is 0 Å². The van der Waals surface area contributed by atoms with Crippen LogP contribution in [0.15, 0.2) is 12.1 Å². The first kappa shape index (κ1) is 8.87. The van der Waals surface area contributed by atoms with Crippen molar-refractivity contribution in [2.75, 3.05) is 14.2 Å². The van der Waals surface area contributed by atoms with Crippen molar-refractivity contribution in [3.8, 4) is 11.5 Å². The maximum Gasteiger partial charge on any atom is 0.127 e. The predicted octanol–water partition coefficient (Wildman–Crippen LogP) is 0.963. The molecule has 0 saturated carbocycles. The minimum absolute atomic E-state index is 0.404. The Morgan fingerprint density at radius 3 is 2.08 bits per heavy atom. The zero-order valence-corrected chi connectivity index (χ0v) is 7.26. The summed E-state index contributed by atoms with van der Waals surface area (Å²) >= 11 is 0. The topological polar surface area (TPSA) is 44.5 Å². The van der Waals surface area contributed by atoms with Gasteiger partial charge in [0, 0.05) is 12.1 Å². The van der Waals surface area contributed by atoms with Crippen molar-refractivity contribution in [3.05, 3.63) is 23.8 Å². The summed E-state index contributed by atoms with van der Waals surface area (Å²) in [5, 5.41) is 0. The first-order valence-electron chi connectivity index (χ1n) is 3.64. The van der Waals surface area contributed by atoms with E-state index in [1.54, 1.807) is 26.4 Å². The van der Waals surface area contributed by atoms with Crippen LogP contribution in [0.4, 0.5) is 0 Å². The van der Waals surface area contributed by atoms with Gasteiger partial charge in [-0.05, 0) is 18.2 Å². The van der Waals surface area contributed by atoms with Crippen molar-refractivity contribution in [1.29, 1.82) is 0 Å². The van der Waals surface area contributed by atoms with Gasteiger partial charge >= 0.3 is 0 Å². The van der Waals surface area contributed by atoms with E-state index < -0.39 is 0 Å². The summed E-state index contributed by atoms with van der Waals surface area (Å²) in [7, 11) is 3.20. The second kappa shape index (κ2) is 3.97. The highest BCUT2D eigenvalue weighted by Crippen LogP contribution is 2.26. The van der Waals surface area contributed by atoms with Crippen LogP contribution in [0.5, 0.6) is 11.5 Å². The molecule has 0 aliphatic rings. The van der Waals surface area contributed by atoms with Crippen molar-refractivity contribution >= 4 is 0 Å². The summed E-state index contributed by atoms with van der Waals surface area (Å²) < 4.78 is 10.2. The van der Waals surface area contributed by atoms with Gasteiger partial charge in [-0.1, -0.05) is 0 Å². The monoisotopic (exact) mass is 166 g/mol. The third-order valence-corrected chi connectivity index (χ3v) is 1.67. The zero-order valence-electron chi connectivity index (χ0n) is 7.26. The molecule has 0 heterocycles. The Hall–Kier alpha value is -1.22. The number of hydrogen-bond acceptors (Lipinski definition) is 3. The van der Waals surface area contributed by atoms with E-state index in [9.17, 15) is 0 Å². The summed E-state index contributed by atoms with van der Waals surface area (Å²) in [4.78, 5) is 0. The van der Waals surface area contributed by atoms with Gasteiger partial charge in [-0.15, -0.1) is 0 Å². The van der Waals surface area contributed by atoms with Gasteiger partial charge in [-0.3, -0.25) is 0 Å². The average Bonchev–Trinajstić information content (AvgIpc) is 2.16. The first-order chi connectivity index (χ1) is 5.83. The van der Waals surface area contributed by atoms with Crippen molar-refractivity contribution in [3.63, 3.8) is 0 Å². The van der Waals surface area contributed by atoms with E-state index in [1.165, 1.54) is 0 Å². The Morgan fingerprint density at radius 2 is 1.75 bits per heavy atom. The first-order valence-corrected chi connectivity index (χ1v) is 3.64. The van der Waals surface area contributed by atoms with Gasteiger partial charge in [0.2, 0.25) is 0 Å². The van der Waals surface area contributed by atoms with Crippen molar-refractivity contribution in [2.24, 2.45) is 5.73 Å². The van der Waals surface area contributed by atoms with Gasteiger partial charge in [0.25, 0.3) is 0 Å². The zero-order chi connectivity index (χ0) is 8.97. The van der Waals surface area contributed by atoms with Crippen LogP contribution < -0.4 is 15.2 Å². The van der Waals surface area contributed by atoms with Gasteiger partial charge in [0.15, 0.2) is 0 Å². The number of hydrogen-bond donors (Lipinski definition) is 1. The molecule has 1 aromatic rings. The Labute approximate surface area is 72.1 Å². The molecule has 12 heavy (non-hydrogen) atoms. The summed E-state index contributed by atoms with van der Waals surface area (Å²) in [6.45, 7) is 0.404. The van der Waals surface area contributed by atoms with Crippen molar-refractivity contribution in [2.45, 2.75) is 6.54 Å². The molecule has 1 radical (unpaired) electrons. The minimum Gasteiger partial charge on any atom is -0.496 e. The van der Waals surface area contributed by atoms with Gasteiger partial charge in [0.1, 0.15) is 11.5 Å². The van der Waals surface area contributed by atoms with E-state index in [4.69, 9.17) is 15.2 Å². The van der Waals surface area contributed by atoms with E-state index in [2.05, 4.69) is 6.07 Å². The van der Waals surface area contributed by atoms with Crippen LogP contribution in [0.1, 0.15) is 5.56 Å². The number of rotatable bonds is 3. The van der Waals surface area contributed by atoms with Gasteiger partial charge in [-0.25, -0.2) is 0 Å². The van der Waals surface area contributed by atoms with E-state index in [0.717, 1.165) is 17.1 Å². The fourth-order valence-electron chi connectivity index (χ4n) is 1.05. The van der Waals surface area contributed by atoms with Crippen LogP contribution >= 0.6 is 0 Å². The lowest BCUT2D eigenvalue weighted by atomic mass is 10.2. The highest BCUT2D eigenvalue weighted by atomic mass is 16.5. The standard InChI is InChI=1S/C9H12NO2/c1-11-8-4-3-5-9(12-2)7(8)6-10/h4-5H,6,10H2,1-2H3. The summed E-state index contributed by atoms with van der Waals surface area (Å²) in [6.07, 6.45) is 0. The van der Waals surface area contributed by atoms with E-state index in [-0.39, 0.29) is 0 Å². The Kier molecular flexibility index (Phi) is 2.94. The highest BCUT2D eigenvalue weighted by Gasteiger charge is 2.06. The number of methoxy groups -OCH3 is 2. The smallest absolute Gasteiger partial charge is 0.127 e. The maximum atomic E-state index is 5.53. The molecule has 3 heteroatoms. The summed E-state index contributed by atoms with van der Waals surface area (Å²) in [6, 6.07) is 6.38. The number of ether oxygens (including phenoxy) is 2. The average molecular weight is 166 g/mol. The third kappa shape index (κ3) is 1.51. The molecule has 0 aromatic heterocycles. The highest BCUT2D eigenvalue weighted by molar-refractivity contribution is 5.43. The molecule has 0 unspecified atom stereocenters. The number of benzene rings is 1. The maximum absolute atomic E-state index is 5.53. The molecular formula is C9H12NO2. The Balaban J connectivity index is 3.13. The molecule has 0 amide bonds. The fraction of sp³-hybridized carbons (Fsp3) is 0.333. The second-order valence-corrected chi connectivity index (χ2v) is 2.27. The Morgan fingerprint density at radius 1 is 1.25 bits per heavy atom. The van der Waals surface area contributed by atoms with Crippen LogP contribution in [-0.2, 0) is 6.54 Å². The molecule has 0 fully saturated rings. The lowest BCUT2D eigenvalue weighted by molar-refractivity contribution is 0.385. The van der Waals surface area contributed by atoms with E-state index >= 15 is 0 Å². The molecule has 2 N–H and O–H groups in total. The summed E-state index contributed by atoms with van der Waals surface area (Å²) in [5.41, 5.74) is 6.40. The van der Waals surface area contributed by atoms with E-state index in [0.29, 0.717) is 6.54 Å². The third-order valence-electron chi connectivity index (χ3n) is 1.67.